The Morgan fingerprint density at radius 2 is 2.03 bits per heavy atom. The van der Waals surface area contributed by atoms with Gasteiger partial charge in [-0.15, -0.1) is 10.2 Å². The highest BCUT2D eigenvalue weighted by Crippen LogP contribution is 2.38. The number of thioether (sulfide) groups is 1. The highest BCUT2D eigenvalue weighted by atomic mass is 79.9. The minimum absolute atomic E-state index is 0.121. The number of methoxy groups -OCH3 is 1. The maximum Gasteiger partial charge on any atom is 0.240 e. The Morgan fingerprint density at radius 3 is 2.72 bits per heavy atom. The van der Waals surface area contributed by atoms with Crippen molar-refractivity contribution in [3.05, 3.63) is 64.1 Å². The van der Waals surface area contributed by atoms with Crippen LogP contribution >= 0.6 is 27.7 Å². The van der Waals surface area contributed by atoms with Gasteiger partial charge >= 0.3 is 0 Å². The lowest BCUT2D eigenvalue weighted by molar-refractivity contribution is -0.116. The second-order valence-corrected chi connectivity index (χ2v) is 8.42. The molecule has 0 spiro atoms. The fourth-order valence-electron chi connectivity index (χ4n) is 3.02. The Bertz CT molecular complexity index is 1060. The van der Waals surface area contributed by atoms with Crippen LogP contribution in [-0.4, -0.2) is 33.1 Å². The van der Waals surface area contributed by atoms with E-state index in [1.54, 1.807) is 17.9 Å². The molecule has 2 heterocycles. The predicted octanol–water partition coefficient (Wildman–Crippen LogP) is 3.89. The highest BCUT2D eigenvalue weighted by Gasteiger charge is 2.37. The number of aryl methyl sites for hydroxylation is 1. The van der Waals surface area contributed by atoms with Crippen molar-refractivity contribution in [1.82, 2.24) is 14.9 Å². The molecule has 1 aromatic heterocycles. The van der Waals surface area contributed by atoms with Gasteiger partial charge in [0.2, 0.25) is 11.1 Å². The lowest BCUT2D eigenvalue weighted by Crippen LogP contribution is -2.41. The summed E-state index contributed by atoms with van der Waals surface area (Å²) < 4.78 is 21.8. The monoisotopic (exact) mass is 477 g/mol. The first kappa shape index (κ1) is 19.7. The number of nitrogens with zero attached hydrogens (tertiary/aromatic N) is 3. The second-order valence-electron chi connectivity index (χ2n) is 6.40. The van der Waals surface area contributed by atoms with Gasteiger partial charge in [-0.1, -0.05) is 39.8 Å². The molecule has 29 heavy (non-hydrogen) atoms. The molecule has 7 nitrogen and oxygen atoms in total. The Kier molecular flexibility index (Phi) is 5.46. The van der Waals surface area contributed by atoms with E-state index in [0.29, 0.717) is 15.5 Å². The minimum atomic E-state index is -0.595. The van der Waals surface area contributed by atoms with E-state index in [-0.39, 0.29) is 17.6 Å². The molecule has 0 bridgehead atoms. The van der Waals surface area contributed by atoms with E-state index >= 15 is 0 Å². The molecule has 0 saturated heterocycles. The highest BCUT2D eigenvalue weighted by molar-refractivity contribution is 9.10. The van der Waals surface area contributed by atoms with Crippen molar-refractivity contribution >= 4 is 39.3 Å². The third kappa shape index (κ3) is 3.95. The van der Waals surface area contributed by atoms with Crippen LogP contribution in [0.5, 0.6) is 5.75 Å². The number of hydrogen-bond donors (Lipinski definition) is 2. The van der Waals surface area contributed by atoms with Crippen LogP contribution in [0.15, 0.2) is 52.1 Å². The largest absolute Gasteiger partial charge is 0.497 e. The number of fused-ring (bicyclic) bond motifs is 1. The lowest BCUT2D eigenvalue weighted by Gasteiger charge is -2.32. The van der Waals surface area contributed by atoms with Gasteiger partial charge in [0.15, 0.2) is 0 Å². The van der Waals surface area contributed by atoms with Gasteiger partial charge in [-0.3, -0.25) is 4.79 Å². The van der Waals surface area contributed by atoms with E-state index in [9.17, 15) is 9.18 Å². The van der Waals surface area contributed by atoms with Crippen LogP contribution in [0.2, 0.25) is 0 Å². The molecule has 2 N–H and O–H groups in total. The molecule has 0 aliphatic carbocycles. The average Bonchev–Trinajstić information content (AvgIpc) is 3.09. The zero-order chi connectivity index (χ0) is 20.5. The molecule has 0 unspecified atom stereocenters. The van der Waals surface area contributed by atoms with E-state index in [2.05, 4.69) is 36.9 Å². The molecule has 4 rings (SSSR count). The van der Waals surface area contributed by atoms with E-state index < -0.39 is 11.1 Å². The van der Waals surface area contributed by atoms with Crippen molar-refractivity contribution in [3.63, 3.8) is 0 Å². The number of rotatable bonds is 4. The topological polar surface area (TPSA) is 81.1 Å². The minimum Gasteiger partial charge on any atom is -0.497 e. The standard InChI is InChI=1S/C19H17BrFN5O2S/c1-10-23-24-19-26(10)25-16(11-3-6-13(28-2)7-4-11)17(29-19)18(27)22-15-8-5-12(20)9-14(15)21/h3-9,16-17,25H,1-2H3,(H,22,27)/t16-,17+/m1/s1. The van der Waals surface area contributed by atoms with Gasteiger partial charge in [0.1, 0.15) is 22.6 Å². The van der Waals surface area contributed by atoms with Gasteiger partial charge in [0.25, 0.3) is 0 Å². The van der Waals surface area contributed by atoms with Crippen LogP contribution in [0.3, 0.4) is 0 Å². The summed E-state index contributed by atoms with van der Waals surface area (Å²) in [6, 6.07) is 11.6. The average molecular weight is 478 g/mol. The lowest BCUT2D eigenvalue weighted by atomic mass is 10.0. The van der Waals surface area contributed by atoms with Crippen LogP contribution in [0, 0.1) is 12.7 Å². The first-order valence-electron chi connectivity index (χ1n) is 8.71. The van der Waals surface area contributed by atoms with Crippen molar-refractivity contribution in [1.29, 1.82) is 0 Å². The Morgan fingerprint density at radius 1 is 1.28 bits per heavy atom. The molecule has 10 heteroatoms. The molecule has 3 aromatic rings. The molecular weight excluding hydrogens is 461 g/mol. The summed E-state index contributed by atoms with van der Waals surface area (Å²) in [5, 5.41) is 10.8. The quantitative estimate of drug-likeness (QED) is 0.593. The van der Waals surface area contributed by atoms with Crippen LogP contribution in [0.1, 0.15) is 17.4 Å². The number of amides is 1. The predicted molar refractivity (Wildman–Crippen MR) is 112 cm³/mol. The fraction of sp³-hybridized carbons (Fsp3) is 0.211. The molecule has 1 aliphatic heterocycles. The van der Waals surface area contributed by atoms with E-state index in [4.69, 9.17) is 4.74 Å². The molecule has 0 radical (unpaired) electrons. The molecule has 150 valence electrons. The van der Waals surface area contributed by atoms with Gasteiger partial charge in [-0.05, 0) is 42.8 Å². The maximum absolute atomic E-state index is 14.2. The summed E-state index contributed by atoms with van der Waals surface area (Å²) in [6.07, 6.45) is 0. The van der Waals surface area contributed by atoms with Crippen molar-refractivity contribution in [2.75, 3.05) is 17.9 Å². The van der Waals surface area contributed by atoms with Crippen molar-refractivity contribution in [3.8, 4) is 5.75 Å². The Balaban J connectivity index is 1.66. The smallest absolute Gasteiger partial charge is 0.240 e. The number of carbonyl (C=O) groups excluding carboxylic acids is 1. The first-order valence-corrected chi connectivity index (χ1v) is 10.4. The van der Waals surface area contributed by atoms with Crippen LogP contribution in [0.4, 0.5) is 10.1 Å². The van der Waals surface area contributed by atoms with Gasteiger partial charge in [-0.25, -0.2) is 9.07 Å². The second kappa shape index (κ2) is 8.03. The zero-order valence-corrected chi connectivity index (χ0v) is 17.9. The third-order valence-electron chi connectivity index (χ3n) is 4.52. The number of aromatic nitrogens is 3. The summed E-state index contributed by atoms with van der Waals surface area (Å²) in [7, 11) is 1.60. The molecule has 0 fully saturated rings. The number of nitrogens with one attached hydrogen (secondary N) is 2. The summed E-state index contributed by atoms with van der Waals surface area (Å²) in [5.41, 5.74) is 4.31. The number of carbonyl (C=O) groups is 1. The van der Waals surface area contributed by atoms with Gasteiger partial charge in [-0.2, -0.15) is 0 Å². The van der Waals surface area contributed by atoms with Gasteiger partial charge < -0.3 is 15.5 Å². The normalized spacial score (nSPS) is 17.9. The molecule has 2 atom stereocenters. The summed E-state index contributed by atoms with van der Waals surface area (Å²) in [5.74, 6) is 0.554. The number of hydrogen-bond acceptors (Lipinski definition) is 6. The summed E-state index contributed by atoms with van der Waals surface area (Å²) >= 11 is 4.50. The maximum atomic E-state index is 14.2. The van der Waals surface area contributed by atoms with E-state index in [1.807, 2.05) is 31.2 Å². The number of benzene rings is 2. The van der Waals surface area contributed by atoms with Crippen LogP contribution in [0.25, 0.3) is 0 Å². The molecule has 1 amide bonds. The van der Waals surface area contributed by atoms with Crippen LogP contribution in [-0.2, 0) is 4.79 Å². The Hall–Kier alpha value is -2.59. The van der Waals surface area contributed by atoms with Crippen molar-refractivity contribution in [2.24, 2.45) is 0 Å². The van der Waals surface area contributed by atoms with Gasteiger partial charge in [0, 0.05) is 4.47 Å². The number of ether oxygens (including phenoxy) is 1. The molecule has 2 aromatic carbocycles. The summed E-state index contributed by atoms with van der Waals surface area (Å²) in [4.78, 5) is 13.1. The Labute approximate surface area is 179 Å². The molecular formula is C19H17BrFN5O2S. The third-order valence-corrected chi connectivity index (χ3v) is 6.23. The van der Waals surface area contributed by atoms with E-state index in [0.717, 1.165) is 11.3 Å². The van der Waals surface area contributed by atoms with Crippen molar-refractivity contribution < 1.29 is 13.9 Å². The fourth-order valence-corrected chi connectivity index (χ4v) is 4.47. The molecule has 1 aliphatic rings. The summed E-state index contributed by atoms with van der Waals surface area (Å²) in [6.45, 7) is 1.83. The van der Waals surface area contributed by atoms with E-state index in [1.165, 1.54) is 23.9 Å². The molecule has 0 saturated carbocycles. The zero-order valence-electron chi connectivity index (χ0n) is 15.5. The van der Waals surface area contributed by atoms with Crippen molar-refractivity contribution in [2.45, 2.75) is 23.4 Å². The number of anilines is 1. The SMILES string of the molecule is COc1ccc([C@H]2Nn3c(C)nnc3S[C@@H]2C(=O)Nc2ccc(Br)cc2F)cc1. The van der Waals surface area contributed by atoms with Crippen LogP contribution < -0.4 is 15.5 Å². The first-order chi connectivity index (χ1) is 14.0. The van der Waals surface area contributed by atoms with Gasteiger partial charge in [0.05, 0.1) is 18.8 Å². The number of halogens is 2.